The lowest BCUT2D eigenvalue weighted by Crippen LogP contribution is -2.22. The van der Waals surface area contributed by atoms with Crippen molar-refractivity contribution in [2.24, 2.45) is 0 Å². The largest absolute Gasteiger partial charge is 0.497 e. The molecule has 3 aliphatic rings. The van der Waals surface area contributed by atoms with Gasteiger partial charge in [-0.25, -0.2) is 29.9 Å². The molecule has 4 heterocycles. The van der Waals surface area contributed by atoms with E-state index in [1.54, 1.807) is 63.3 Å². The first-order valence-electron chi connectivity index (χ1n) is 26.9. The molecule has 0 atom stereocenters. The quantitative estimate of drug-likeness (QED) is 0.0717. The molecule has 0 saturated carbocycles. The van der Waals surface area contributed by atoms with E-state index in [1.165, 1.54) is 18.0 Å². The molecule has 0 aliphatic heterocycles. The minimum absolute atomic E-state index is 0.0284. The van der Waals surface area contributed by atoms with E-state index in [1.807, 2.05) is 140 Å². The van der Waals surface area contributed by atoms with Crippen molar-refractivity contribution in [3.05, 3.63) is 183 Å². The molecule has 7 aromatic rings. The van der Waals surface area contributed by atoms with Gasteiger partial charge in [-0.2, -0.15) is 0 Å². The second kappa shape index (κ2) is 28.6. The number of carboxylic acid groups (broad SMARTS) is 2. The number of fused-ring (bicyclic) bond motifs is 3. The average molecular weight is 1150 g/mol. The highest BCUT2D eigenvalue weighted by Crippen LogP contribution is 2.46. The number of nitrogens with one attached hydrogen (secondary N) is 1. The first kappa shape index (κ1) is 62.4. The number of rotatable bonds is 17. The second-order valence-electron chi connectivity index (χ2n) is 20.5. The number of furan rings is 1. The van der Waals surface area contributed by atoms with Crippen molar-refractivity contribution in [2.45, 2.75) is 53.0 Å². The average Bonchev–Trinajstić information content (AvgIpc) is 1.88. The van der Waals surface area contributed by atoms with Crippen LogP contribution < -0.4 is 34.2 Å². The van der Waals surface area contributed by atoms with Gasteiger partial charge in [-0.15, -0.1) is 0 Å². The molecule has 3 N–H and O–H groups in total. The van der Waals surface area contributed by atoms with Gasteiger partial charge in [-0.05, 0) is 160 Å². The van der Waals surface area contributed by atoms with Crippen molar-refractivity contribution < 1.29 is 48.0 Å². The first-order chi connectivity index (χ1) is 40.7. The van der Waals surface area contributed by atoms with Gasteiger partial charge in [0.15, 0.2) is 6.29 Å². The Morgan fingerprint density at radius 1 is 0.553 bits per heavy atom. The number of aliphatic carboxylic acids is 2. The van der Waals surface area contributed by atoms with Crippen LogP contribution in [-0.4, -0.2) is 128 Å². The molecule has 0 unspecified atom stereocenters. The number of anilines is 3. The number of aromatic nitrogens is 6. The molecule has 0 spiro atoms. The predicted octanol–water partition coefficient (Wildman–Crippen LogP) is 10.4. The number of aldehydes is 1. The van der Waals surface area contributed by atoms with Gasteiger partial charge in [0.25, 0.3) is 0 Å². The third-order valence-corrected chi connectivity index (χ3v) is 14.0. The lowest BCUT2D eigenvalue weighted by molar-refractivity contribution is -0.136. The molecule has 3 aliphatic carbocycles. The minimum Gasteiger partial charge on any atom is -0.497 e. The van der Waals surface area contributed by atoms with E-state index in [9.17, 15) is 24.3 Å². The fourth-order valence-corrected chi connectivity index (χ4v) is 9.57. The van der Waals surface area contributed by atoms with Crippen LogP contribution in [0.5, 0.6) is 17.2 Å². The van der Waals surface area contributed by atoms with Crippen LogP contribution >= 0.6 is 0 Å². The molecule has 440 valence electrons. The van der Waals surface area contributed by atoms with Crippen molar-refractivity contribution >= 4 is 82.0 Å². The smallest absolute Gasteiger partial charge is 0.307 e. The number of carbonyl (C=O) groups is 4. The van der Waals surface area contributed by atoms with Crippen LogP contribution in [0, 0.1) is 0 Å². The zero-order valence-electron chi connectivity index (χ0n) is 49.8. The van der Waals surface area contributed by atoms with Crippen LogP contribution in [0.4, 0.5) is 17.8 Å². The molecule has 0 radical (unpaired) electrons. The Labute approximate surface area is 494 Å². The first-order valence-corrected chi connectivity index (χ1v) is 26.9. The molecule has 3 aromatic carbocycles. The number of allylic oxidation sites excluding steroid dienone is 5. The van der Waals surface area contributed by atoms with Crippen molar-refractivity contribution in [3.8, 4) is 17.2 Å². The topological polar surface area (TPSA) is 249 Å². The number of amides is 1. The molecule has 10 rings (SSSR count). The number of nitrogens with zero attached hydrogens (tertiary/aromatic N) is 9. The molecule has 0 bridgehead atoms. The normalized spacial score (nSPS) is 13.5. The Morgan fingerprint density at radius 3 is 1.36 bits per heavy atom. The Hall–Kier alpha value is -10.2. The van der Waals surface area contributed by atoms with Gasteiger partial charge in [-0.1, -0.05) is 23.8 Å². The summed E-state index contributed by atoms with van der Waals surface area (Å²) in [4.78, 5) is 75.8. The molecule has 1 amide bonds. The summed E-state index contributed by atoms with van der Waals surface area (Å²) < 4.78 is 21.2. The summed E-state index contributed by atoms with van der Waals surface area (Å²) in [6.45, 7) is 6.35. The maximum absolute atomic E-state index is 12.7. The highest BCUT2D eigenvalue weighted by Gasteiger charge is 2.28. The van der Waals surface area contributed by atoms with Crippen LogP contribution in [0.1, 0.15) is 101 Å². The summed E-state index contributed by atoms with van der Waals surface area (Å²) in [6.07, 6.45) is 17.7. The SMILES string of the molecule is CN(C)c1ncc(C=O)cn1.COc1ccc2c(c1)C(CC(=O)NCc1ccco1)=C(C)/C2=C/c1cnc(N(C)C)nc1.COc1ccc2c(c1)C(CC(=O)O)=C(C)/C2=C/c1cnc(N(C)C)nc1.COc1ccc2c(c1)C(CC(=O)O)=C(C)C2. The van der Waals surface area contributed by atoms with E-state index in [2.05, 4.69) is 41.3 Å². The molecule has 0 fully saturated rings. The van der Waals surface area contributed by atoms with E-state index in [-0.39, 0.29) is 25.2 Å². The Balaban J connectivity index is 0.000000174. The summed E-state index contributed by atoms with van der Waals surface area (Å²) >= 11 is 0. The zero-order valence-corrected chi connectivity index (χ0v) is 49.8. The van der Waals surface area contributed by atoms with Crippen LogP contribution in [0.3, 0.4) is 0 Å². The number of carbonyl (C=O) groups excluding carboxylic acids is 2. The molecule has 20 nitrogen and oxygen atoms in total. The van der Waals surface area contributed by atoms with Crippen molar-refractivity contribution in [1.82, 2.24) is 35.2 Å². The third kappa shape index (κ3) is 15.9. The Kier molecular flexibility index (Phi) is 21.0. The number of ether oxygens (including phenoxy) is 3. The second-order valence-corrected chi connectivity index (χ2v) is 20.5. The summed E-state index contributed by atoms with van der Waals surface area (Å²) in [5.41, 5.74) is 16.4. The fourth-order valence-electron chi connectivity index (χ4n) is 9.57. The van der Waals surface area contributed by atoms with E-state index in [0.29, 0.717) is 35.7 Å². The number of hydrogen-bond donors (Lipinski definition) is 3. The standard InChI is InChI=1S/C25H26N4O3.C20H21N3O3.C13H14O3.C7H9N3O/c1-16-21(10-17-13-27-25(28-14-17)29(2)3)20-8-7-18(31-4)11-23(20)22(16)12-24(30)26-15-19-6-5-9-32-19;1-12-16(7-13-10-21-20(22-11-13)23(2)3)15-6-5-14(26-4)8-18(15)17(12)9-19(24)25;1-8-5-9-3-4-10(16-2)6-12(9)11(8)7-13(14)15;1-10(2)7-8-3-6(5-11)4-9-7/h5-11,13-14H,12,15H2,1-4H3,(H,26,30);5-8,10-11H,9H2,1-4H3,(H,24,25);3-4,6H,5,7H2,1-2H3,(H,14,15);3-5H,1-2H3/b21-10-;16-7-;;. The van der Waals surface area contributed by atoms with E-state index >= 15 is 0 Å². The summed E-state index contributed by atoms with van der Waals surface area (Å²) in [5.74, 6) is 3.16. The highest BCUT2D eigenvalue weighted by molar-refractivity contribution is 6.09. The third-order valence-electron chi connectivity index (χ3n) is 14.0. The summed E-state index contributed by atoms with van der Waals surface area (Å²) in [6, 6.07) is 21.2. The Bertz CT molecular complexity index is 3710. The van der Waals surface area contributed by atoms with E-state index < -0.39 is 11.9 Å². The van der Waals surface area contributed by atoms with Gasteiger partial charge in [0.05, 0.1) is 59.0 Å². The maximum atomic E-state index is 12.7. The highest BCUT2D eigenvalue weighted by atomic mass is 16.5. The summed E-state index contributed by atoms with van der Waals surface area (Å²) in [7, 11) is 16.1. The van der Waals surface area contributed by atoms with Gasteiger partial charge in [0.1, 0.15) is 23.0 Å². The van der Waals surface area contributed by atoms with Gasteiger partial charge >= 0.3 is 11.9 Å². The van der Waals surface area contributed by atoms with Crippen molar-refractivity contribution in [1.29, 1.82) is 0 Å². The molecule has 4 aromatic heterocycles. The lowest BCUT2D eigenvalue weighted by atomic mass is 10.0. The van der Waals surface area contributed by atoms with Gasteiger partial charge in [0, 0.05) is 90.6 Å². The van der Waals surface area contributed by atoms with Crippen molar-refractivity contribution in [3.63, 3.8) is 0 Å². The molecular weight excluding hydrogens is 1080 g/mol. The van der Waals surface area contributed by atoms with Gasteiger partial charge < -0.3 is 48.9 Å². The van der Waals surface area contributed by atoms with Crippen molar-refractivity contribution in [2.75, 3.05) is 78.3 Å². The molecular formula is C65H70N10O10. The van der Waals surface area contributed by atoms with Crippen LogP contribution in [0.25, 0.3) is 40.0 Å². The van der Waals surface area contributed by atoms with E-state index in [0.717, 1.165) is 113 Å². The lowest BCUT2D eigenvalue weighted by Gasteiger charge is -2.09. The number of hydrogen-bond acceptors (Lipinski definition) is 17. The molecule has 0 saturated heterocycles. The zero-order chi connectivity index (χ0) is 61.5. The maximum Gasteiger partial charge on any atom is 0.307 e. The minimum atomic E-state index is -0.854. The number of methoxy groups -OCH3 is 3. The number of carboxylic acids is 2. The Morgan fingerprint density at radius 2 is 0.965 bits per heavy atom. The van der Waals surface area contributed by atoms with Crippen LogP contribution in [-0.2, 0) is 27.3 Å². The predicted molar refractivity (Wildman–Crippen MR) is 330 cm³/mol. The van der Waals surface area contributed by atoms with Crippen LogP contribution in [0.15, 0.2) is 131 Å². The van der Waals surface area contributed by atoms with Gasteiger partial charge in [-0.3, -0.25) is 19.2 Å². The van der Waals surface area contributed by atoms with Crippen LogP contribution in [0.2, 0.25) is 0 Å². The van der Waals surface area contributed by atoms with Gasteiger partial charge in [0.2, 0.25) is 23.8 Å². The number of benzene rings is 3. The molecule has 85 heavy (non-hydrogen) atoms. The summed E-state index contributed by atoms with van der Waals surface area (Å²) in [5, 5.41) is 21.1. The van der Waals surface area contributed by atoms with E-state index in [4.69, 9.17) is 23.7 Å². The fraction of sp³-hybridized carbons (Fsp3) is 0.262. The molecule has 20 heteroatoms. The monoisotopic (exact) mass is 1150 g/mol.